The van der Waals surface area contributed by atoms with Crippen LogP contribution in [0.3, 0.4) is 0 Å². The number of rotatable bonds is 9. The molecule has 0 saturated heterocycles. The maximum Gasteiger partial charge on any atom is 0.358 e. The summed E-state index contributed by atoms with van der Waals surface area (Å²) in [6.45, 7) is 4.36. The normalized spacial score (nSPS) is 12.1. The average Bonchev–Trinajstić information content (AvgIpc) is 2.87. The Balaban J connectivity index is 2.79. The largest absolute Gasteiger partial charge is 0.476 e. The Morgan fingerprint density at radius 2 is 2.14 bits per heavy atom. The fourth-order valence-corrected chi connectivity index (χ4v) is 1.91. The summed E-state index contributed by atoms with van der Waals surface area (Å²) >= 11 is 0. The SMILES string of the molecule is CCCCCNC(=O)C(C)n1nnc(C(=O)O)c1COC. The monoisotopic (exact) mass is 298 g/mol. The van der Waals surface area contributed by atoms with Gasteiger partial charge in [0, 0.05) is 13.7 Å². The molecule has 1 aromatic heterocycles. The molecule has 1 rings (SSSR count). The third-order valence-electron chi connectivity index (χ3n) is 3.10. The molecule has 0 fully saturated rings. The zero-order chi connectivity index (χ0) is 15.8. The van der Waals surface area contributed by atoms with Crippen LogP contribution < -0.4 is 5.32 Å². The van der Waals surface area contributed by atoms with Gasteiger partial charge in [-0.15, -0.1) is 5.10 Å². The lowest BCUT2D eigenvalue weighted by atomic mass is 10.2. The lowest BCUT2D eigenvalue weighted by Crippen LogP contribution is -2.33. The lowest BCUT2D eigenvalue weighted by molar-refractivity contribution is -0.124. The van der Waals surface area contributed by atoms with E-state index in [0.29, 0.717) is 6.54 Å². The lowest BCUT2D eigenvalue weighted by Gasteiger charge is -2.14. The van der Waals surface area contributed by atoms with Crippen LogP contribution >= 0.6 is 0 Å². The van der Waals surface area contributed by atoms with E-state index < -0.39 is 12.0 Å². The highest BCUT2D eigenvalue weighted by Crippen LogP contribution is 2.13. The van der Waals surface area contributed by atoms with Gasteiger partial charge in [0.25, 0.3) is 0 Å². The van der Waals surface area contributed by atoms with E-state index in [1.54, 1.807) is 6.92 Å². The second-order valence-corrected chi connectivity index (χ2v) is 4.74. The van der Waals surface area contributed by atoms with E-state index in [2.05, 4.69) is 22.6 Å². The van der Waals surface area contributed by atoms with Crippen LogP contribution in [0.1, 0.15) is 55.3 Å². The van der Waals surface area contributed by atoms with Crippen LogP contribution in [-0.2, 0) is 16.1 Å². The topological polar surface area (TPSA) is 106 Å². The van der Waals surface area contributed by atoms with Gasteiger partial charge in [-0.25, -0.2) is 9.48 Å². The molecule has 0 bridgehead atoms. The van der Waals surface area contributed by atoms with Crippen molar-refractivity contribution in [3.05, 3.63) is 11.4 Å². The van der Waals surface area contributed by atoms with E-state index in [1.165, 1.54) is 11.8 Å². The van der Waals surface area contributed by atoms with Gasteiger partial charge in [-0.1, -0.05) is 25.0 Å². The van der Waals surface area contributed by atoms with Crippen molar-refractivity contribution in [2.45, 2.75) is 45.8 Å². The second-order valence-electron chi connectivity index (χ2n) is 4.74. The zero-order valence-corrected chi connectivity index (χ0v) is 12.6. The number of carbonyl (C=O) groups is 2. The highest BCUT2D eigenvalue weighted by Gasteiger charge is 2.25. The molecule has 0 saturated carbocycles. The first kappa shape index (κ1) is 17.1. The van der Waals surface area contributed by atoms with Gasteiger partial charge in [0.1, 0.15) is 11.7 Å². The fourth-order valence-electron chi connectivity index (χ4n) is 1.91. The summed E-state index contributed by atoms with van der Waals surface area (Å²) in [7, 11) is 1.44. The minimum atomic E-state index is -1.19. The number of aromatic nitrogens is 3. The van der Waals surface area contributed by atoms with Gasteiger partial charge in [-0.3, -0.25) is 4.79 Å². The highest BCUT2D eigenvalue weighted by atomic mass is 16.5. The Labute approximate surface area is 123 Å². The molecule has 1 heterocycles. The number of amides is 1. The minimum absolute atomic E-state index is 0.0298. The summed E-state index contributed by atoms with van der Waals surface area (Å²) in [6.07, 6.45) is 3.04. The van der Waals surface area contributed by atoms with Crippen molar-refractivity contribution in [1.82, 2.24) is 20.3 Å². The highest BCUT2D eigenvalue weighted by molar-refractivity contribution is 5.87. The molecular weight excluding hydrogens is 276 g/mol. The number of nitrogens with zero attached hydrogens (tertiary/aromatic N) is 3. The number of ether oxygens (including phenoxy) is 1. The van der Waals surface area contributed by atoms with Crippen LogP contribution in [0.2, 0.25) is 0 Å². The molecule has 1 atom stereocenters. The van der Waals surface area contributed by atoms with Crippen LogP contribution in [-0.4, -0.2) is 45.6 Å². The molecule has 0 radical (unpaired) electrons. The molecule has 0 aliphatic rings. The number of carbonyl (C=O) groups excluding carboxylic acids is 1. The molecule has 2 N–H and O–H groups in total. The van der Waals surface area contributed by atoms with Gasteiger partial charge in [0.15, 0.2) is 5.69 Å². The second kappa shape index (κ2) is 8.35. The van der Waals surface area contributed by atoms with Crippen LogP contribution in [0, 0.1) is 0 Å². The van der Waals surface area contributed by atoms with Gasteiger partial charge in [0.2, 0.25) is 5.91 Å². The maximum atomic E-state index is 12.1. The average molecular weight is 298 g/mol. The first-order valence-corrected chi connectivity index (χ1v) is 6.96. The van der Waals surface area contributed by atoms with Crippen molar-refractivity contribution in [1.29, 1.82) is 0 Å². The Morgan fingerprint density at radius 1 is 1.43 bits per heavy atom. The first-order chi connectivity index (χ1) is 10.0. The van der Waals surface area contributed by atoms with Gasteiger partial charge in [-0.05, 0) is 13.3 Å². The van der Waals surface area contributed by atoms with Crippen molar-refractivity contribution >= 4 is 11.9 Å². The predicted octanol–water partition coefficient (Wildman–Crippen LogP) is 0.990. The predicted molar refractivity (Wildman–Crippen MR) is 74.9 cm³/mol. The Hall–Kier alpha value is -1.96. The number of carboxylic acids is 1. The number of nitrogens with one attached hydrogen (secondary N) is 1. The number of methoxy groups -OCH3 is 1. The van der Waals surface area contributed by atoms with Gasteiger partial charge in [0.05, 0.1) is 6.61 Å². The van der Waals surface area contributed by atoms with E-state index in [9.17, 15) is 9.59 Å². The number of unbranched alkanes of at least 4 members (excludes halogenated alkanes) is 2. The summed E-state index contributed by atoms with van der Waals surface area (Å²) in [4.78, 5) is 23.1. The molecule has 118 valence electrons. The quantitative estimate of drug-likeness (QED) is 0.658. The molecule has 0 aromatic carbocycles. The van der Waals surface area contributed by atoms with Gasteiger partial charge >= 0.3 is 5.97 Å². The van der Waals surface area contributed by atoms with E-state index in [4.69, 9.17) is 9.84 Å². The van der Waals surface area contributed by atoms with Crippen LogP contribution in [0.5, 0.6) is 0 Å². The third kappa shape index (κ3) is 4.52. The minimum Gasteiger partial charge on any atom is -0.476 e. The number of aromatic carboxylic acids is 1. The number of carboxylic acid groups (broad SMARTS) is 1. The fraction of sp³-hybridized carbons (Fsp3) is 0.692. The molecule has 1 aromatic rings. The van der Waals surface area contributed by atoms with Crippen molar-refractivity contribution in [2.24, 2.45) is 0 Å². The summed E-state index contributed by atoms with van der Waals surface area (Å²) < 4.78 is 6.26. The number of hydrogen-bond acceptors (Lipinski definition) is 5. The van der Waals surface area contributed by atoms with Crippen molar-refractivity contribution < 1.29 is 19.4 Å². The van der Waals surface area contributed by atoms with Crippen LogP contribution in [0.4, 0.5) is 0 Å². The summed E-state index contributed by atoms with van der Waals surface area (Å²) in [5, 5.41) is 19.2. The molecule has 21 heavy (non-hydrogen) atoms. The van der Waals surface area contributed by atoms with Crippen molar-refractivity contribution in [2.75, 3.05) is 13.7 Å². The molecule has 1 unspecified atom stereocenters. The van der Waals surface area contributed by atoms with E-state index in [0.717, 1.165) is 19.3 Å². The molecule has 8 heteroatoms. The summed E-state index contributed by atoms with van der Waals surface area (Å²) in [6, 6.07) is -0.641. The molecule has 0 spiro atoms. The molecule has 8 nitrogen and oxygen atoms in total. The van der Waals surface area contributed by atoms with E-state index in [1.807, 2.05) is 0 Å². The van der Waals surface area contributed by atoms with Crippen LogP contribution in [0.15, 0.2) is 0 Å². The molecular formula is C13H22N4O4. The van der Waals surface area contributed by atoms with Crippen LogP contribution in [0.25, 0.3) is 0 Å². The van der Waals surface area contributed by atoms with Crippen molar-refractivity contribution in [3.63, 3.8) is 0 Å². The van der Waals surface area contributed by atoms with Gasteiger partial charge in [-0.2, -0.15) is 0 Å². The van der Waals surface area contributed by atoms with Gasteiger partial charge < -0.3 is 15.2 Å². The Kier molecular flexibility index (Phi) is 6.80. The standard InChI is InChI=1S/C13H22N4O4/c1-4-5-6-7-14-12(18)9(2)17-10(8-21-3)11(13(19)20)15-16-17/h9H,4-8H2,1-3H3,(H,14,18)(H,19,20). The van der Waals surface area contributed by atoms with Crippen molar-refractivity contribution in [3.8, 4) is 0 Å². The smallest absolute Gasteiger partial charge is 0.358 e. The van der Waals surface area contributed by atoms with E-state index >= 15 is 0 Å². The summed E-state index contributed by atoms with van der Waals surface area (Å²) in [5.41, 5.74) is 0.0868. The number of hydrogen-bond donors (Lipinski definition) is 2. The Morgan fingerprint density at radius 3 is 2.71 bits per heavy atom. The third-order valence-corrected chi connectivity index (χ3v) is 3.10. The molecule has 0 aliphatic heterocycles. The summed E-state index contributed by atoms with van der Waals surface area (Å²) in [5.74, 6) is -1.41. The molecule has 1 amide bonds. The molecule has 0 aliphatic carbocycles. The Bertz CT molecular complexity index is 487. The van der Waals surface area contributed by atoms with E-state index in [-0.39, 0.29) is 23.9 Å². The zero-order valence-electron chi connectivity index (χ0n) is 12.6. The first-order valence-electron chi connectivity index (χ1n) is 6.96. The maximum absolute atomic E-state index is 12.1.